The van der Waals surface area contributed by atoms with Crippen molar-refractivity contribution in [3.05, 3.63) is 94.0 Å². The summed E-state index contributed by atoms with van der Waals surface area (Å²) in [6.45, 7) is -0.153. The van der Waals surface area contributed by atoms with Crippen LogP contribution in [0, 0.1) is 11.3 Å². The van der Waals surface area contributed by atoms with Crippen LogP contribution in [0.4, 0.5) is 11.4 Å². The number of hydrogen-bond acceptors (Lipinski definition) is 4. The molecule has 3 aromatic rings. The van der Waals surface area contributed by atoms with E-state index in [4.69, 9.17) is 27.9 Å². The second-order valence-electron chi connectivity index (χ2n) is 6.52. The van der Waals surface area contributed by atoms with Crippen LogP contribution < -0.4 is 15.4 Å². The van der Waals surface area contributed by atoms with Crippen molar-refractivity contribution in [3.8, 4) is 11.8 Å². The fourth-order valence-corrected chi connectivity index (χ4v) is 2.91. The number of rotatable bonds is 7. The highest BCUT2D eigenvalue weighted by molar-refractivity contribution is 6.42. The molecule has 0 aliphatic carbocycles. The van der Waals surface area contributed by atoms with Gasteiger partial charge < -0.3 is 15.4 Å². The molecular weight excluding hydrogens is 449 g/mol. The minimum absolute atomic E-state index is 0.0908. The van der Waals surface area contributed by atoms with Crippen molar-refractivity contribution in [1.29, 1.82) is 5.26 Å². The second kappa shape index (κ2) is 11.0. The number of amides is 2. The van der Waals surface area contributed by atoms with E-state index < -0.39 is 5.91 Å². The lowest BCUT2D eigenvalue weighted by molar-refractivity contribution is -0.118. The topological polar surface area (TPSA) is 91.2 Å². The number of benzene rings is 3. The first-order chi connectivity index (χ1) is 15.4. The number of carbonyl (C=O) groups is 2. The zero-order valence-electron chi connectivity index (χ0n) is 16.6. The Morgan fingerprint density at radius 3 is 2.28 bits per heavy atom. The third kappa shape index (κ3) is 6.61. The highest BCUT2D eigenvalue weighted by atomic mass is 35.5. The second-order valence-corrected chi connectivity index (χ2v) is 7.34. The number of hydrogen-bond donors (Lipinski definition) is 2. The van der Waals surface area contributed by atoms with Crippen molar-refractivity contribution in [1.82, 2.24) is 0 Å². The molecule has 2 N–H and O–H groups in total. The minimum Gasteiger partial charge on any atom is -0.484 e. The van der Waals surface area contributed by atoms with Gasteiger partial charge in [0.05, 0.1) is 10.0 Å². The molecule has 2 amide bonds. The third-order valence-corrected chi connectivity index (χ3v) is 4.90. The molecule has 0 atom stereocenters. The fraction of sp³-hybridized carbons (Fsp3) is 0.0417. The van der Waals surface area contributed by atoms with Gasteiger partial charge >= 0.3 is 0 Å². The van der Waals surface area contributed by atoms with Gasteiger partial charge in [0.15, 0.2) is 6.61 Å². The highest BCUT2D eigenvalue weighted by Crippen LogP contribution is 2.25. The van der Waals surface area contributed by atoms with E-state index >= 15 is 0 Å². The Morgan fingerprint density at radius 1 is 0.906 bits per heavy atom. The van der Waals surface area contributed by atoms with Crippen LogP contribution in [0.2, 0.25) is 10.0 Å². The van der Waals surface area contributed by atoms with E-state index in [0.717, 1.165) is 0 Å². The molecule has 0 aliphatic heterocycles. The van der Waals surface area contributed by atoms with Crippen molar-refractivity contribution in [3.63, 3.8) is 0 Å². The van der Waals surface area contributed by atoms with E-state index in [1.807, 2.05) is 24.3 Å². The van der Waals surface area contributed by atoms with E-state index in [2.05, 4.69) is 10.6 Å². The molecule has 0 unspecified atom stereocenters. The van der Waals surface area contributed by atoms with E-state index in [-0.39, 0.29) is 18.1 Å². The van der Waals surface area contributed by atoms with Crippen LogP contribution >= 0.6 is 23.2 Å². The van der Waals surface area contributed by atoms with Gasteiger partial charge in [0.25, 0.3) is 11.8 Å². The highest BCUT2D eigenvalue weighted by Gasteiger charge is 2.11. The molecule has 0 fully saturated rings. The van der Waals surface area contributed by atoms with Crippen molar-refractivity contribution >= 4 is 52.5 Å². The quantitative estimate of drug-likeness (QED) is 0.353. The van der Waals surface area contributed by atoms with Gasteiger partial charge in [-0.15, -0.1) is 0 Å². The summed E-state index contributed by atoms with van der Waals surface area (Å²) in [4.78, 5) is 24.4. The molecule has 0 spiro atoms. The van der Waals surface area contributed by atoms with Crippen molar-refractivity contribution < 1.29 is 14.3 Å². The van der Waals surface area contributed by atoms with E-state index in [9.17, 15) is 14.9 Å². The summed E-state index contributed by atoms with van der Waals surface area (Å²) in [6.07, 6.45) is 1.44. The van der Waals surface area contributed by atoms with Crippen molar-refractivity contribution in [2.45, 2.75) is 0 Å². The predicted molar refractivity (Wildman–Crippen MR) is 126 cm³/mol. The molecule has 0 heterocycles. The average molecular weight is 466 g/mol. The van der Waals surface area contributed by atoms with Crippen LogP contribution in [0.25, 0.3) is 6.08 Å². The monoisotopic (exact) mass is 465 g/mol. The first-order valence-electron chi connectivity index (χ1n) is 9.40. The lowest BCUT2D eigenvalue weighted by Crippen LogP contribution is -2.20. The molecule has 0 saturated carbocycles. The van der Waals surface area contributed by atoms with Crippen LogP contribution in [0.15, 0.2) is 78.4 Å². The van der Waals surface area contributed by atoms with Gasteiger partial charge in [0.1, 0.15) is 17.4 Å². The Balaban J connectivity index is 1.58. The van der Waals surface area contributed by atoms with E-state index in [1.165, 1.54) is 12.1 Å². The molecule has 32 heavy (non-hydrogen) atoms. The number of nitriles is 1. The lowest BCUT2D eigenvalue weighted by atomic mass is 10.1. The van der Waals surface area contributed by atoms with Crippen LogP contribution in [0.5, 0.6) is 5.75 Å². The predicted octanol–water partition coefficient (Wildman–Crippen LogP) is 5.56. The maximum Gasteiger partial charge on any atom is 0.266 e. The zero-order valence-corrected chi connectivity index (χ0v) is 18.2. The molecule has 3 aromatic carbocycles. The number of anilines is 2. The molecule has 8 heteroatoms. The van der Waals surface area contributed by atoms with Crippen LogP contribution in [0.3, 0.4) is 0 Å². The minimum atomic E-state index is -0.580. The van der Waals surface area contributed by atoms with Gasteiger partial charge in [-0.25, -0.2) is 0 Å². The number of nitrogens with one attached hydrogen (secondary N) is 2. The molecule has 160 valence electrons. The van der Waals surface area contributed by atoms with Crippen molar-refractivity contribution in [2.24, 2.45) is 0 Å². The maximum absolute atomic E-state index is 12.4. The number of carbonyl (C=O) groups excluding carboxylic acids is 2. The summed E-state index contributed by atoms with van der Waals surface area (Å²) < 4.78 is 5.47. The van der Waals surface area contributed by atoms with Gasteiger partial charge in [-0.3, -0.25) is 9.59 Å². The molecule has 0 radical (unpaired) electrons. The summed E-state index contributed by atoms with van der Waals surface area (Å²) in [7, 11) is 0. The fourth-order valence-electron chi connectivity index (χ4n) is 2.62. The average Bonchev–Trinajstić information content (AvgIpc) is 2.80. The summed E-state index contributed by atoms with van der Waals surface area (Å²) in [5.74, 6) is -0.390. The van der Waals surface area contributed by atoms with Gasteiger partial charge in [0, 0.05) is 11.4 Å². The largest absolute Gasteiger partial charge is 0.484 e. The molecule has 0 aliphatic rings. The number of ether oxygens (including phenoxy) is 1. The Hall–Kier alpha value is -3.79. The maximum atomic E-state index is 12.4. The van der Waals surface area contributed by atoms with Crippen LogP contribution in [-0.4, -0.2) is 18.4 Å². The van der Waals surface area contributed by atoms with Gasteiger partial charge in [-0.1, -0.05) is 53.5 Å². The molecule has 0 saturated heterocycles. The summed E-state index contributed by atoms with van der Waals surface area (Å²) >= 11 is 11.8. The zero-order chi connectivity index (χ0) is 22.9. The number of halogens is 2. The van der Waals surface area contributed by atoms with Crippen molar-refractivity contribution in [2.75, 3.05) is 17.2 Å². The normalized spacial score (nSPS) is 10.7. The first kappa shape index (κ1) is 22.9. The molecule has 3 rings (SSSR count). The molecule has 0 bridgehead atoms. The first-order valence-corrected chi connectivity index (χ1v) is 10.2. The third-order valence-electron chi connectivity index (χ3n) is 4.16. The Bertz CT molecular complexity index is 1190. The van der Waals surface area contributed by atoms with E-state index in [1.54, 1.807) is 48.5 Å². The molecule has 0 aromatic heterocycles. The SMILES string of the molecule is N#C/C(=C\c1ccc(OCC(=O)Nc2ccccc2)cc1)C(=O)Nc1ccc(Cl)c(Cl)c1. The van der Waals surface area contributed by atoms with Crippen LogP contribution in [0.1, 0.15) is 5.56 Å². The lowest BCUT2D eigenvalue weighted by Gasteiger charge is -2.08. The summed E-state index contributed by atoms with van der Waals surface area (Å²) in [6, 6.07) is 22.2. The van der Waals surface area contributed by atoms with Gasteiger partial charge in [-0.2, -0.15) is 5.26 Å². The van der Waals surface area contributed by atoms with Crippen LogP contribution in [-0.2, 0) is 9.59 Å². The number of para-hydroxylation sites is 1. The number of nitrogens with zero attached hydrogens (tertiary/aromatic N) is 1. The Morgan fingerprint density at radius 2 is 1.62 bits per heavy atom. The van der Waals surface area contributed by atoms with E-state index in [0.29, 0.717) is 32.7 Å². The summed E-state index contributed by atoms with van der Waals surface area (Å²) in [5, 5.41) is 15.3. The summed E-state index contributed by atoms with van der Waals surface area (Å²) in [5.41, 5.74) is 1.63. The van der Waals surface area contributed by atoms with Gasteiger partial charge in [0.2, 0.25) is 0 Å². The smallest absolute Gasteiger partial charge is 0.266 e. The standard InChI is InChI=1S/C24H17Cl2N3O3/c25-21-11-8-19(13-22(21)26)29-24(31)17(14-27)12-16-6-9-20(10-7-16)32-15-23(30)28-18-4-2-1-3-5-18/h1-13H,15H2,(H,28,30)(H,29,31)/b17-12+. The van der Waals surface area contributed by atoms with Gasteiger partial charge in [-0.05, 0) is 54.1 Å². The molecular formula is C24H17Cl2N3O3. The Labute approximate surface area is 195 Å². The molecule has 6 nitrogen and oxygen atoms in total. The Kier molecular flexibility index (Phi) is 7.87.